The standard InChI is InChI=1S/C16H15Br2NO3/c1-22-8-4-2-7(3-5-8)19-15(20)11-9-6-10(12(11)16(19)21)14(18)13(9)17/h2-5,9-14H,6H2,1H3/t9-,10+,11-,12-,13+,14+/m0/s1. The first-order chi connectivity index (χ1) is 10.5. The average molecular weight is 429 g/mol. The Morgan fingerprint density at radius 1 is 1.00 bits per heavy atom. The molecule has 4 nitrogen and oxygen atoms in total. The number of carbonyl (C=O) groups excluding carboxylic acids is 2. The lowest BCUT2D eigenvalue weighted by Gasteiger charge is -2.28. The van der Waals surface area contributed by atoms with Gasteiger partial charge in [0.2, 0.25) is 11.8 Å². The number of methoxy groups -OCH3 is 1. The fraction of sp³-hybridized carbons (Fsp3) is 0.500. The molecule has 4 rings (SSSR count). The molecule has 1 aromatic rings. The second kappa shape index (κ2) is 5.06. The average Bonchev–Trinajstić information content (AvgIpc) is 3.13. The van der Waals surface area contributed by atoms with Crippen LogP contribution in [-0.2, 0) is 9.59 Å². The quantitative estimate of drug-likeness (QED) is 0.537. The summed E-state index contributed by atoms with van der Waals surface area (Å²) in [6, 6.07) is 7.10. The van der Waals surface area contributed by atoms with E-state index in [1.165, 1.54) is 4.90 Å². The van der Waals surface area contributed by atoms with Crippen LogP contribution in [0.15, 0.2) is 24.3 Å². The van der Waals surface area contributed by atoms with Gasteiger partial charge in [0, 0.05) is 9.65 Å². The normalized spacial score (nSPS) is 39.5. The lowest BCUT2D eigenvalue weighted by atomic mass is 9.81. The third kappa shape index (κ3) is 1.80. The molecule has 0 aromatic heterocycles. The molecular weight excluding hydrogens is 414 g/mol. The highest BCUT2D eigenvalue weighted by Gasteiger charge is 2.66. The second-order valence-corrected chi connectivity index (χ2v) is 8.33. The van der Waals surface area contributed by atoms with Gasteiger partial charge in [-0.25, -0.2) is 0 Å². The van der Waals surface area contributed by atoms with E-state index < -0.39 is 0 Å². The van der Waals surface area contributed by atoms with Crippen LogP contribution in [-0.4, -0.2) is 28.6 Å². The van der Waals surface area contributed by atoms with Gasteiger partial charge in [-0.3, -0.25) is 14.5 Å². The number of nitrogens with zero attached hydrogens (tertiary/aromatic N) is 1. The maximum absolute atomic E-state index is 12.8. The third-order valence-electron chi connectivity index (χ3n) is 5.32. The molecule has 2 aliphatic carbocycles. The monoisotopic (exact) mass is 427 g/mol. The van der Waals surface area contributed by atoms with Crippen molar-refractivity contribution < 1.29 is 14.3 Å². The molecule has 2 bridgehead atoms. The van der Waals surface area contributed by atoms with Crippen LogP contribution in [0, 0.1) is 23.7 Å². The SMILES string of the molecule is COc1ccc(N2C(=O)[C@H]3[C@@H]4C[C@@H]([C@@H](Br)[C@@H]4Br)[C@@H]3C2=O)cc1. The van der Waals surface area contributed by atoms with Gasteiger partial charge < -0.3 is 4.74 Å². The number of hydrogen-bond acceptors (Lipinski definition) is 3. The molecule has 1 aliphatic heterocycles. The third-order valence-corrected chi connectivity index (χ3v) is 8.52. The van der Waals surface area contributed by atoms with Gasteiger partial charge in [-0.1, -0.05) is 31.9 Å². The molecule has 0 spiro atoms. The maximum atomic E-state index is 12.8. The van der Waals surface area contributed by atoms with Crippen LogP contribution in [0.2, 0.25) is 0 Å². The van der Waals surface area contributed by atoms with Crippen molar-refractivity contribution in [1.82, 2.24) is 0 Å². The Hall–Kier alpha value is -0.880. The first kappa shape index (κ1) is 14.7. The van der Waals surface area contributed by atoms with Crippen molar-refractivity contribution in [1.29, 1.82) is 0 Å². The van der Waals surface area contributed by atoms with E-state index in [1.807, 2.05) is 0 Å². The number of carbonyl (C=O) groups is 2. The summed E-state index contributed by atoms with van der Waals surface area (Å²) in [4.78, 5) is 27.6. The lowest BCUT2D eigenvalue weighted by molar-refractivity contribution is -0.123. The number of halogens is 2. The predicted molar refractivity (Wildman–Crippen MR) is 89.5 cm³/mol. The van der Waals surface area contributed by atoms with Gasteiger partial charge in [0.15, 0.2) is 0 Å². The van der Waals surface area contributed by atoms with Crippen LogP contribution >= 0.6 is 31.9 Å². The van der Waals surface area contributed by atoms with Crippen molar-refractivity contribution >= 4 is 49.4 Å². The van der Waals surface area contributed by atoms with Crippen molar-refractivity contribution in [3.8, 4) is 5.75 Å². The first-order valence-corrected chi connectivity index (χ1v) is 9.17. The maximum Gasteiger partial charge on any atom is 0.238 e. The van der Waals surface area contributed by atoms with E-state index in [0.29, 0.717) is 11.4 Å². The number of rotatable bonds is 2. The number of anilines is 1. The van der Waals surface area contributed by atoms with Gasteiger partial charge in [-0.05, 0) is 42.5 Å². The number of benzene rings is 1. The number of hydrogen-bond donors (Lipinski definition) is 0. The molecule has 6 atom stereocenters. The minimum atomic E-state index is -0.169. The predicted octanol–water partition coefficient (Wildman–Crippen LogP) is 2.98. The van der Waals surface area contributed by atoms with E-state index in [2.05, 4.69) is 31.9 Å². The first-order valence-electron chi connectivity index (χ1n) is 7.34. The summed E-state index contributed by atoms with van der Waals surface area (Å²) >= 11 is 7.39. The van der Waals surface area contributed by atoms with Gasteiger partial charge in [-0.15, -0.1) is 0 Å². The van der Waals surface area contributed by atoms with E-state index in [9.17, 15) is 9.59 Å². The fourth-order valence-corrected chi connectivity index (χ4v) is 6.21. The molecule has 1 saturated heterocycles. The van der Waals surface area contributed by atoms with Crippen molar-refractivity contribution in [2.24, 2.45) is 23.7 Å². The van der Waals surface area contributed by atoms with Crippen molar-refractivity contribution in [3.05, 3.63) is 24.3 Å². The Morgan fingerprint density at radius 2 is 1.50 bits per heavy atom. The summed E-state index contributed by atoms with van der Waals surface area (Å²) in [5, 5.41) is 0. The number of fused-ring (bicyclic) bond motifs is 5. The van der Waals surface area contributed by atoms with Crippen LogP contribution in [0.3, 0.4) is 0 Å². The highest BCUT2D eigenvalue weighted by atomic mass is 79.9. The van der Waals surface area contributed by atoms with E-state index in [1.54, 1.807) is 31.4 Å². The molecule has 6 heteroatoms. The highest BCUT2D eigenvalue weighted by molar-refractivity contribution is 9.12. The van der Waals surface area contributed by atoms with Gasteiger partial charge in [0.05, 0.1) is 24.6 Å². The Labute approximate surface area is 145 Å². The van der Waals surface area contributed by atoms with Gasteiger partial charge in [0.1, 0.15) is 5.75 Å². The number of ether oxygens (including phenoxy) is 1. The van der Waals surface area contributed by atoms with Gasteiger partial charge >= 0.3 is 0 Å². The Kier molecular flexibility index (Phi) is 3.38. The van der Waals surface area contributed by atoms with Crippen molar-refractivity contribution in [3.63, 3.8) is 0 Å². The summed E-state index contributed by atoms with van der Waals surface area (Å²) in [5.74, 6) is 0.783. The summed E-state index contributed by atoms with van der Waals surface area (Å²) in [6.45, 7) is 0. The molecule has 116 valence electrons. The largest absolute Gasteiger partial charge is 0.497 e. The fourth-order valence-electron chi connectivity index (χ4n) is 4.33. The number of imide groups is 1. The molecule has 1 aromatic carbocycles. The molecule has 2 amide bonds. The zero-order valence-corrected chi connectivity index (χ0v) is 15.1. The molecule has 22 heavy (non-hydrogen) atoms. The van der Waals surface area contributed by atoms with E-state index in [0.717, 1.165) is 6.42 Å². The Bertz CT molecular complexity index is 615. The molecule has 0 radical (unpaired) electrons. The van der Waals surface area contributed by atoms with E-state index >= 15 is 0 Å². The van der Waals surface area contributed by atoms with Crippen LogP contribution in [0.5, 0.6) is 5.75 Å². The molecule has 3 aliphatic rings. The van der Waals surface area contributed by atoms with Crippen LogP contribution < -0.4 is 9.64 Å². The summed E-state index contributed by atoms with van der Waals surface area (Å²) in [5.41, 5.74) is 0.641. The smallest absolute Gasteiger partial charge is 0.238 e. The molecule has 0 N–H and O–H groups in total. The lowest BCUT2D eigenvalue weighted by Crippen LogP contribution is -2.37. The molecular formula is C16H15Br2NO3. The van der Waals surface area contributed by atoms with Crippen LogP contribution in [0.25, 0.3) is 0 Å². The topological polar surface area (TPSA) is 46.6 Å². The van der Waals surface area contributed by atoms with Crippen LogP contribution in [0.4, 0.5) is 5.69 Å². The number of alkyl halides is 2. The minimum absolute atomic E-state index is 0.0449. The van der Waals surface area contributed by atoms with Gasteiger partial charge in [0.25, 0.3) is 0 Å². The van der Waals surface area contributed by atoms with E-state index in [-0.39, 0.29) is 45.1 Å². The molecule has 0 unspecified atom stereocenters. The Morgan fingerprint density at radius 3 is 1.95 bits per heavy atom. The van der Waals surface area contributed by atoms with Crippen LogP contribution in [0.1, 0.15) is 6.42 Å². The van der Waals surface area contributed by atoms with Crippen molar-refractivity contribution in [2.45, 2.75) is 16.1 Å². The highest BCUT2D eigenvalue weighted by Crippen LogP contribution is 2.60. The number of amides is 2. The molecule has 1 heterocycles. The zero-order chi connectivity index (χ0) is 15.6. The van der Waals surface area contributed by atoms with Gasteiger partial charge in [-0.2, -0.15) is 0 Å². The molecule has 2 saturated carbocycles. The summed E-state index contributed by atoms with van der Waals surface area (Å²) in [6.07, 6.45) is 0.953. The second-order valence-electron chi connectivity index (χ2n) is 6.21. The summed E-state index contributed by atoms with van der Waals surface area (Å²) < 4.78 is 5.13. The molecule has 3 fully saturated rings. The summed E-state index contributed by atoms with van der Waals surface area (Å²) in [7, 11) is 1.59. The minimum Gasteiger partial charge on any atom is -0.497 e. The van der Waals surface area contributed by atoms with E-state index in [4.69, 9.17) is 4.74 Å². The zero-order valence-electron chi connectivity index (χ0n) is 11.9. The van der Waals surface area contributed by atoms with Crippen molar-refractivity contribution in [2.75, 3.05) is 12.0 Å². The Balaban J connectivity index is 1.69.